The Morgan fingerprint density at radius 1 is 0.672 bits per heavy atom. The van der Waals surface area contributed by atoms with Crippen LogP contribution in [-0.4, -0.2) is 36.5 Å². The minimum Gasteiger partial charge on any atom is -0.478 e. The number of nitrogens with one attached hydrogen (secondary N) is 1. The molecule has 0 aliphatic heterocycles. The van der Waals surface area contributed by atoms with Crippen molar-refractivity contribution in [2.24, 2.45) is 0 Å². The predicted molar refractivity (Wildman–Crippen MR) is 208 cm³/mol. The molecule has 0 saturated carbocycles. The van der Waals surface area contributed by atoms with Gasteiger partial charge in [-0.25, -0.2) is 4.79 Å². The summed E-state index contributed by atoms with van der Waals surface area (Å²) in [6, 6.07) is 9.63. The Hall–Kier alpha value is -6.91. The normalized spacial score (nSPS) is 12.0. The number of carbonyl (C=O) groups excluding carboxylic acids is 1. The average Bonchev–Trinajstić information content (AvgIpc) is 4.02. The number of aromatic nitrogens is 4. The smallest absolute Gasteiger partial charge is 0.416 e. The molecular formula is C40H33ClF12N6O5. The van der Waals surface area contributed by atoms with E-state index in [-0.39, 0.29) is 47.9 Å². The van der Waals surface area contributed by atoms with Gasteiger partial charge in [0.2, 0.25) is 5.91 Å². The second-order valence-corrected chi connectivity index (χ2v) is 12.9. The van der Waals surface area contributed by atoms with Gasteiger partial charge in [0, 0.05) is 12.2 Å². The minimum atomic E-state index is -4.98. The van der Waals surface area contributed by atoms with Crippen LogP contribution in [-0.2, 0) is 47.4 Å². The Kier molecular flexibility index (Phi) is 16.9. The Bertz CT molecular complexity index is 2540. The van der Waals surface area contributed by atoms with Crippen molar-refractivity contribution >= 4 is 47.8 Å². The van der Waals surface area contributed by atoms with Crippen LogP contribution in [0.1, 0.15) is 56.3 Å². The van der Waals surface area contributed by atoms with Crippen molar-refractivity contribution in [1.29, 1.82) is 0 Å². The van der Waals surface area contributed by atoms with Crippen molar-refractivity contribution in [3.63, 3.8) is 0 Å². The molecule has 0 bridgehead atoms. The molecule has 0 spiro atoms. The molecule has 0 fully saturated rings. The highest BCUT2D eigenvalue weighted by Gasteiger charge is 2.39. The Morgan fingerprint density at radius 3 is 1.48 bits per heavy atom. The van der Waals surface area contributed by atoms with Crippen LogP contribution in [0.4, 0.5) is 64.1 Å². The summed E-state index contributed by atoms with van der Waals surface area (Å²) in [5.41, 5.74) is 0.672. The van der Waals surface area contributed by atoms with Crippen LogP contribution in [0, 0.1) is 13.8 Å². The number of alkyl halides is 12. The number of benzene rings is 2. The number of furan rings is 2. The molecule has 1 amide bonds. The molecule has 24 heteroatoms. The van der Waals surface area contributed by atoms with Gasteiger partial charge in [0.1, 0.15) is 11.5 Å². The van der Waals surface area contributed by atoms with Crippen molar-refractivity contribution < 1.29 is 76.2 Å². The number of nitrogens with two attached hydrogens (primary N) is 1. The van der Waals surface area contributed by atoms with E-state index < -0.39 is 65.4 Å². The average molecular weight is 941 g/mol. The molecule has 2 aromatic carbocycles. The van der Waals surface area contributed by atoms with Gasteiger partial charge in [0.25, 0.3) is 0 Å². The number of anilines is 2. The fourth-order valence-corrected chi connectivity index (χ4v) is 5.24. The molecule has 0 unspecified atom stereocenters. The summed E-state index contributed by atoms with van der Waals surface area (Å²) >= 11 is 0. The Morgan fingerprint density at radius 2 is 1.11 bits per heavy atom. The van der Waals surface area contributed by atoms with Crippen molar-refractivity contribution in [2.75, 3.05) is 11.1 Å². The van der Waals surface area contributed by atoms with Crippen molar-refractivity contribution in [3.8, 4) is 0 Å². The van der Waals surface area contributed by atoms with Gasteiger partial charge in [-0.1, -0.05) is 12.1 Å². The standard InChI is InChI=1S/C20H15F6N3O2.C13H11F6N3.C7H6O3.ClH/c1-12-17(28-18(30)7-6-15-3-2-8-31-15)10-27-29(12)11-13-4-5-14(19(21,22)23)9-16(13)20(24,25)26;1-7-11(20)5-21-22(7)6-8-2-3-9(12(14,15)16)4-10(8)13(17,18)19;8-7(9)4-3-6-2-1-5-10-6;/h2-10H,11H2,1H3,(H,28,30);2-5H,6,20H2,1H3;1-5H,(H,8,9);1H/b7-6+;;4-3+;. The minimum absolute atomic E-state index is 0. The van der Waals surface area contributed by atoms with Crippen LogP contribution in [0.25, 0.3) is 12.2 Å². The van der Waals surface area contributed by atoms with Crippen LogP contribution in [0.2, 0.25) is 0 Å². The summed E-state index contributed by atoms with van der Waals surface area (Å²) in [4.78, 5) is 22.0. The molecule has 0 aliphatic rings. The fourth-order valence-electron chi connectivity index (χ4n) is 5.24. The zero-order chi connectivity index (χ0) is 46.9. The highest BCUT2D eigenvalue weighted by molar-refractivity contribution is 6.02. The van der Waals surface area contributed by atoms with E-state index in [1.807, 2.05) is 0 Å². The second kappa shape index (κ2) is 21.0. The number of hydrogen-bond acceptors (Lipinski definition) is 7. The van der Waals surface area contributed by atoms with E-state index in [4.69, 9.17) is 19.7 Å². The maximum absolute atomic E-state index is 13.3. The molecule has 0 radical (unpaired) electrons. The van der Waals surface area contributed by atoms with E-state index in [0.29, 0.717) is 40.7 Å². The largest absolute Gasteiger partial charge is 0.478 e. The van der Waals surface area contributed by atoms with E-state index in [1.165, 1.54) is 54.8 Å². The molecule has 0 aliphatic carbocycles. The van der Waals surface area contributed by atoms with Gasteiger partial charge < -0.3 is 25.0 Å². The first-order valence-electron chi connectivity index (χ1n) is 17.6. The third-order valence-electron chi connectivity index (χ3n) is 8.50. The van der Waals surface area contributed by atoms with Crippen LogP contribution >= 0.6 is 12.4 Å². The molecule has 0 atom stereocenters. The SMILES string of the molecule is Cc1c(N)cnn1Cc1ccc(C(F)(F)F)cc1C(F)(F)F.Cc1c(NC(=O)/C=C/c2ccco2)cnn1Cc1ccc(C(F)(F)F)cc1C(F)(F)F.Cl.O=C(O)/C=C/c1ccco1. The van der Waals surface area contributed by atoms with Crippen LogP contribution in [0.3, 0.4) is 0 Å². The number of amides is 1. The number of nitrogens with zero attached hydrogens (tertiary/aromatic N) is 4. The maximum Gasteiger partial charge on any atom is 0.416 e. The van der Waals surface area contributed by atoms with E-state index >= 15 is 0 Å². The van der Waals surface area contributed by atoms with Crippen LogP contribution in [0.5, 0.6) is 0 Å². The highest BCUT2D eigenvalue weighted by atomic mass is 35.5. The molecule has 6 aromatic rings. The summed E-state index contributed by atoms with van der Waals surface area (Å²) in [5.74, 6) is -0.507. The summed E-state index contributed by atoms with van der Waals surface area (Å²) in [5, 5.41) is 18.5. The topological polar surface area (TPSA) is 154 Å². The third-order valence-corrected chi connectivity index (χ3v) is 8.50. The molecule has 11 nitrogen and oxygen atoms in total. The molecule has 64 heavy (non-hydrogen) atoms. The quantitative estimate of drug-likeness (QED) is 0.0956. The van der Waals surface area contributed by atoms with Crippen LogP contribution < -0.4 is 11.1 Å². The van der Waals surface area contributed by atoms with E-state index in [9.17, 15) is 62.3 Å². The molecule has 4 N–H and O–H groups in total. The summed E-state index contributed by atoms with van der Waals surface area (Å²) < 4.78 is 167. The lowest BCUT2D eigenvalue weighted by molar-refractivity contribution is -0.145. The first-order chi connectivity index (χ1) is 29.2. The molecule has 0 saturated heterocycles. The monoisotopic (exact) mass is 940 g/mol. The Balaban J connectivity index is 0.000000286. The zero-order valence-corrected chi connectivity index (χ0v) is 33.5. The maximum atomic E-state index is 13.3. The van der Waals surface area contributed by atoms with Crippen molar-refractivity contribution in [2.45, 2.75) is 51.6 Å². The third kappa shape index (κ3) is 14.6. The number of carbonyl (C=O) groups is 2. The van der Waals surface area contributed by atoms with Gasteiger partial charge in [-0.15, -0.1) is 12.4 Å². The number of rotatable bonds is 9. The van der Waals surface area contributed by atoms with Gasteiger partial charge in [0.15, 0.2) is 0 Å². The van der Waals surface area contributed by atoms with Gasteiger partial charge in [-0.05, 0) is 85.7 Å². The van der Waals surface area contributed by atoms with Gasteiger partial charge in [-0.2, -0.15) is 62.9 Å². The molecule has 6 rings (SSSR count). The highest BCUT2D eigenvalue weighted by Crippen LogP contribution is 2.39. The van der Waals surface area contributed by atoms with E-state index in [0.717, 1.165) is 22.9 Å². The van der Waals surface area contributed by atoms with Crippen LogP contribution in [0.15, 0.2) is 107 Å². The summed E-state index contributed by atoms with van der Waals surface area (Å²) in [6.45, 7) is 2.31. The van der Waals surface area contributed by atoms with E-state index in [2.05, 4.69) is 15.5 Å². The summed E-state index contributed by atoms with van der Waals surface area (Å²) in [7, 11) is 0. The zero-order valence-electron chi connectivity index (χ0n) is 32.7. The number of hydrogen-bond donors (Lipinski definition) is 3. The number of halogens is 13. The van der Waals surface area contributed by atoms with Gasteiger partial charge >= 0.3 is 30.7 Å². The first kappa shape index (κ1) is 51.4. The van der Waals surface area contributed by atoms with Gasteiger partial charge in [0.05, 0.1) is 83.0 Å². The van der Waals surface area contributed by atoms with E-state index in [1.54, 1.807) is 31.2 Å². The molecule has 4 aromatic heterocycles. The molecule has 344 valence electrons. The van der Waals surface area contributed by atoms with Crippen molar-refractivity contribution in [1.82, 2.24) is 19.6 Å². The lowest BCUT2D eigenvalue weighted by Crippen LogP contribution is -2.16. The lowest BCUT2D eigenvalue weighted by atomic mass is 10.0. The number of carboxylic acids is 1. The van der Waals surface area contributed by atoms with Gasteiger partial charge in [-0.3, -0.25) is 14.2 Å². The fraction of sp³-hybridized carbons (Fsp3) is 0.200. The number of nitrogen functional groups attached to an aromatic ring is 1. The number of carboxylic acid groups (broad SMARTS) is 1. The molecular weight excluding hydrogens is 908 g/mol. The Labute approximate surface area is 359 Å². The summed E-state index contributed by atoms with van der Waals surface area (Å²) in [6.07, 6.45) is -9.15. The second-order valence-electron chi connectivity index (χ2n) is 12.9. The first-order valence-corrected chi connectivity index (χ1v) is 17.6. The van der Waals surface area contributed by atoms with Crippen molar-refractivity contribution in [3.05, 3.63) is 154 Å². The predicted octanol–water partition coefficient (Wildman–Crippen LogP) is 11.2. The number of aliphatic carboxylic acids is 1. The lowest BCUT2D eigenvalue weighted by Gasteiger charge is -2.16. The molecule has 4 heterocycles.